The topological polar surface area (TPSA) is 84.4 Å². The average Bonchev–Trinajstić information content (AvgIpc) is 2.39. The van der Waals surface area contributed by atoms with Gasteiger partial charge in [0.15, 0.2) is 5.84 Å². The number of oxime groups is 1. The van der Waals surface area contributed by atoms with Crippen LogP contribution in [0.1, 0.15) is 16.8 Å². The lowest BCUT2D eigenvalue weighted by Gasteiger charge is -2.07. The van der Waals surface area contributed by atoms with Gasteiger partial charge in [0.25, 0.3) is 0 Å². The van der Waals surface area contributed by atoms with Gasteiger partial charge in [0.05, 0.1) is 5.02 Å². The molecule has 0 saturated heterocycles. The van der Waals surface area contributed by atoms with E-state index in [-0.39, 0.29) is 5.84 Å². The highest BCUT2D eigenvalue weighted by Crippen LogP contribution is 2.32. The van der Waals surface area contributed by atoms with Crippen LogP contribution in [0.2, 0.25) is 5.02 Å². The van der Waals surface area contributed by atoms with Crippen molar-refractivity contribution in [3.8, 4) is 0 Å². The van der Waals surface area contributed by atoms with E-state index in [0.29, 0.717) is 15.6 Å². The molecule has 0 bridgehead atoms. The molecule has 0 amide bonds. The fraction of sp³-hybridized carbons (Fsp3) is 0.154. The predicted octanol–water partition coefficient (Wildman–Crippen LogP) is 2.99. The molecule has 0 atom stereocenters. The second-order valence-electron chi connectivity index (χ2n) is 4.19. The van der Waals surface area contributed by atoms with Gasteiger partial charge in [0.2, 0.25) is 0 Å². The Morgan fingerprint density at radius 2 is 2.15 bits per heavy atom. The highest BCUT2D eigenvalue weighted by atomic mass is 35.5. The summed E-state index contributed by atoms with van der Waals surface area (Å²) in [7, 11) is 0. The summed E-state index contributed by atoms with van der Waals surface area (Å²) in [5.41, 5.74) is 8.05. The Morgan fingerprint density at radius 1 is 1.40 bits per heavy atom. The molecule has 0 aliphatic carbocycles. The monoisotopic (exact) mass is 308 g/mol. The van der Waals surface area contributed by atoms with E-state index in [4.69, 9.17) is 22.5 Å². The van der Waals surface area contributed by atoms with Gasteiger partial charge in [-0.3, -0.25) is 0 Å². The number of halogens is 1. The summed E-state index contributed by atoms with van der Waals surface area (Å²) in [6.07, 6.45) is 1.56. The first-order valence-corrected chi connectivity index (χ1v) is 6.96. The number of hydrogen-bond donors (Lipinski definition) is 2. The zero-order valence-electron chi connectivity index (χ0n) is 11.0. The van der Waals surface area contributed by atoms with Gasteiger partial charge in [-0.25, -0.2) is 9.97 Å². The first kappa shape index (κ1) is 14.6. The van der Waals surface area contributed by atoms with Gasteiger partial charge in [0, 0.05) is 17.5 Å². The summed E-state index contributed by atoms with van der Waals surface area (Å²) in [5.74, 6) is -0.0485. The molecular formula is C13H13ClN4OS. The minimum atomic E-state index is -0.0485. The molecule has 0 saturated carbocycles. The first-order valence-electron chi connectivity index (χ1n) is 5.77. The van der Waals surface area contributed by atoms with E-state index in [0.717, 1.165) is 16.3 Å². The Labute approximate surface area is 125 Å². The maximum absolute atomic E-state index is 8.73. The molecule has 104 valence electrons. The zero-order valence-corrected chi connectivity index (χ0v) is 12.5. The summed E-state index contributed by atoms with van der Waals surface area (Å²) >= 11 is 7.57. The number of aryl methyl sites for hydroxylation is 2. The number of rotatable bonds is 3. The Bertz CT molecular complexity index is 655. The molecule has 0 aliphatic rings. The van der Waals surface area contributed by atoms with Crippen LogP contribution in [0.15, 0.2) is 39.6 Å². The van der Waals surface area contributed by atoms with Crippen LogP contribution < -0.4 is 5.73 Å². The molecule has 0 aromatic carbocycles. The van der Waals surface area contributed by atoms with Crippen molar-refractivity contribution in [3.63, 3.8) is 0 Å². The van der Waals surface area contributed by atoms with Crippen molar-refractivity contribution in [2.75, 3.05) is 0 Å². The second kappa shape index (κ2) is 6.11. The van der Waals surface area contributed by atoms with Crippen LogP contribution >= 0.6 is 23.4 Å². The maximum Gasteiger partial charge on any atom is 0.171 e. The van der Waals surface area contributed by atoms with Crippen LogP contribution in [-0.4, -0.2) is 21.0 Å². The number of aromatic nitrogens is 2. The molecule has 0 radical (unpaired) electrons. The largest absolute Gasteiger partial charge is 0.409 e. The number of hydrogen-bond acceptors (Lipinski definition) is 5. The molecule has 20 heavy (non-hydrogen) atoms. The molecule has 3 N–H and O–H groups in total. The Morgan fingerprint density at radius 3 is 2.80 bits per heavy atom. The Kier molecular flexibility index (Phi) is 4.46. The molecule has 0 aliphatic heterocycles. The van der Waals surface area contributed by atoms with E-state index in [2.05, 4.69) is 15.1 Å². The summed E-state index contributed by atoms with van der Waals surface area (Å²) in [5, 5.41) is 13.4. The number of nitrogens with zero attached hydrogens (tertiary/aromatic N) is 3. The lowest BCUT2D eigenvalue weighted by Crippen LogP contribution is -2.14. The van der Waals surface area contributed by atoms with Crippen molar-refractivity contribution < 1.29 is 5.21 Å². The zero-order chi connectivity index (χ0) is 14.7. The minimum absolute atomic E-state index is 0.0485. The third-order valence-electron chi connectivity index (χ3n) is 2.52. The molecule has 2 aromatic rings. The SMILES string of the molecule is Cc1cc(C)nc(Sc2nccc(/C(N)=N/O)c2Cl)c1. The van der Waals surface area contributed by atoms with Gasteiger partial charge in [0.1, 0.15) is 10.1 Å². The van der Waals surface area contributed by atoms with Crippen molar-refractivity contribution in [2.24, 2.45) is 10.9 Å². The van der Waals surface area contributed by atoms with E-state index in [1.54, 1.807) is 12.3 Å². The summed E-state index contributed by atoms with van der Waals surface area (Å²) in [4.78, 5) is 8.63. The second-order valence-corrected chi connectivity index (χ2v) is 5.58. The Hall–Kier alpha value is -1.79. The smallest absolute Gasteiger partial charge is 0.171 e. The van der Waals surface area contributed by atoms with E-state index in [9.17, 15) is 0 Å². The average molecular weight is 309 g/mol. The molecular weight excluding hydrogens is 296 g/mol. The van der Waals surface area contributed by atoms with Gasteiger partial charge in [-0.1, -0.05) is 16.8 Å². The summed E-state index contributed by atoms with van der Waals surface area (Å²) in [6.45, 7) is 3.93. The fourth-order valence-corrected chi connectivity index (χ4v) is 2.97. The van der Waals surface area contributed by atoms with Gasteiger partial charge in [-0.15, -0.1) is 0 Å². The van der Waals surface area contributed by atoms with Crippen LogP contribution in [0.5, 0.6) is 0 Å². The van der Waals surface area contributed by atoms with E-state index in [1.165, 1.54) is 11.8 Å². The van der Waals surface area contributed by atoms with Crippen molar-refractivity contribution >= 4 is 29.2 Å². The molecule has 5 nitrogen and oxygen atoms in total. The third-order valence-corrected chi connectivity index (χ3v) is 3.93. The molecule has 0 unspecified atom stereocenters. The molecule has 0 fully saturated rings. The van der Waals surface area contributed by atoms with E-state index in [1.807, 2.05) is 26.0 Å². The van der Waals surface area contributed by atoms with Gasteiger partial charge in [-0.2, -0.15) is 0 Å². The summed E-state index contributed by atoms with van der Waals surface area (Å²) in [6, 6.07) is 5.54. The van der Waals surface area contributed by atoms with Crippen LogP contribution in [0.25, 0.3) is 0 Å². The minimum Gasteiger partial charge on any atom is -0.409 e. The lowest BCUT2D eigenvalue weighted by molar-refractivity contribution is 0.318. The highest BCUT2D eigenvalue weighted by molar-refractivity contribution is 7.99. The lowest BCUT2D eigenvalue weighted by atomic mass is 10.2. The van der Waals surface area contributed by atoms with Crippen molar-refractivity contribution in [1.82, 2.24) is 9.97 Å². The van der Waals surface area contributed by atoms with E-state index < -0.39 is 0 Å². The van der Waals surface area contributed by atoms with Crippen molar-refractivity contribution in [1.29, 1.82) is 0 Å². The molecule has 2 rings (SSSR count). The number of amidine groups is 1. The van der Waals surface area contributed by atoms with Crippen LogP contribution in [-0.2, 0) is 0 Å². The van der Waals surface area contributed by atoms with Gasteiger partial charge in [-0.05, 0) is 49.4 Å². The van der Waals surface area contributed by atoms with E-state index >= 15 is 0 Å². The maximum atomic E-state index is 8.73. The predicted molar refractivity (Wildman–Crippen MR) is 79.6 cm³/mol. The van der Waals surface area contributed by atoms with Crippen molar-refractivity contribution in [3.05, 3.63) is 46.2 Å². The van der Waals surface area contributed by atoms with Crippen LogP contribution in [0, 0.1) is 13.8 Å². The van der Waals surface area contributed by atoms with Gasteiger partial charge < -0.3 is 10.9 Å². The number of nitrogens with two attached hydrogens (primary N) is 1. The first-order chi connectivity index (χ1) is 9.51. The highest BCUT2D eigenvalue weighted by Gasteiger charge is 2.13. The number of pyridine rings is 2. The molecule has 2 aromatic heterocycles. The van der Waals surface area contributed by atoms with Crippen LogP contribution in [0.4, 0.5) is 0 Å². The standard InChI is InChI=1S/C13H13ClN4OS/c1-7-5-8(2)17-10(6-7)20-13-11(14)9(3-4-16-13)12(15)18-19/h3-6,19H,1-2H3,(H2,15,18). The third kappa shape index (κ3) is 3.20. The fourth-order valence-electron chi connectivity index (χ4n) is 1.70. The normalized spacial score (nSPS) is 11.7. The molecule has 7 heteroatoms. The van der Waals surface area contributed by atoms with Crippen LogP contribution in [0.3, 0.4) is 0 Å². The Balaban J connectivity index is 2.39. The van der Waals surface area contributed by atoms with Crippen molar-refractivity contribution in [2.45, 2.75) is 23.9 Å². The summed E-state index contributed by atoms with van der Waals surface area (Å²) < 4.78 is 0. The van der Waals surface area contributed by atoms with Gasteiger partial charge >= 0.3 is 0 Å². The quantitative estimate of drug-likeness (QED) is 0.394. The molecule has 2 heterocycles. The molecule has 0 spiro atoms.